The first-order valence-electron chi connectivity index (χ1n) is 6.05. The summed E-state index contributed by atoms with van der Waals surface area (Å²) in [7, 11) is 0. The molecule has 0 aliphatic rings. The molecule has 0 heterocycles. The largest absolute Gasteiger partial charge is 0.396 e. The van der Waals surface area contributed by atoms with Gasteiger partial charge in [-0.25, -0.2) is 4.39 Å². The number of rotatable bonds is 6. The number of hydrogen-bond acceptors (Lipinski definition) is 5. The third-order valence-corrected chi connectivity index (χ3v) is 2.80. The van der Waals surface area contributed by atoms with E-state index < -0.39 is 22.3 Å². The molecular formula is C12H16FN3O4. The second kappa shape index (κ2) is 6.80. The number of aliphatic hydroxyl groups is 1. The van der Waals surface area contributed by atoms with E-state index >= 15 is 0 Å². The standard InChI is InChI=1S/C12H16FN3O4/c1-2-15(4-3-5-17)12(18)8-6-10(14)9(13)7-11(8)16(19)20/h6-7,17H,2-5,14H2,1H3. The molecule has 0 fully saturated rings. The van der Waals surface area contributed by atoms with Gasteiger partial charge in [0.15, 0.2) is 5.82 Å². The Balaban J connectivity index is 3.19. The van der Waals surface area contributed by atoms with Crippen LogP contribution in [0.3, 0.4) is 0 Å². The van der Waals surface area contributed by atoms with Crippen molar-refractivity contribution in [3.8, 4) is 0 Å². The van der Waals surface area contributed by atoms with E-state index in [2.05, 4.69) is 0 Å². The summed E-state index contributed by atoms with van der Waals surface area (Å²) in [5, 5.41) is 19.7. The highest BCUT2D eigenvalue weighted by Gasteiger charge is 2.26. The maximum atomic E-state index is 13.3. The lowest BCUT2D eigenvalue weighted by molar-refractivity contribution is -0.385. The number of benzene rings is 1. The van der Waals surface area contributed by atoms with Crippen LogP contribution < -0.4 is 5.73 Å². The van der Waals surface area contributed by atoms with Gasteiger partial charge in [0, 0.05) is 19.7 Å². The molecule has 1 aromatic rings. The molecule has 7 nitrogen and oxygen atoms in total. The van der Waals surface area contributed by atoms with E-state index in [4.69, 9.17) is 10.8 Å². The van der Waals surface area contributed by atoms with Crippen molar-refractivity contribution in [2.45, 2.75) is 13.3 Å². The van der Waals surface area contributed by atoms with E-state index in [1.165, 1.54) is 4.90 Å². The molecular weight excluding hydrogens is 269 g/mol. The first-order chi connectivity index (χ1) is 9.42. The number of carbonyl (C=O) groups excluding carboxylic acids is 1. The lowest BCUT2D eigenvalue weighted by atomic mass is 10.1. The highest BCUT2D eigenvalue weighted by Crippen LogP contribution is 2.25. The monoisotopic (exact) mass is 285 g/mol. The van der Waals surface area contributed by atoms with Crippen LogP contribution in [0, 0.1) is 15.9 Å². The van der Waals surface area contributed by atoms with Gasteiger partial charge in [0.1, 0.15) is 5.56 Å². The minimum atomic E-state index is -0.938. The Kier molecular flexibility index (Phi) is 5.39. The van der Waals surface area contributed by atoms with Crippen molar-refractivity contribution in [3.63, 3.8) is 0 Å². The Labute approximate surface area is 114 Å². The van der Waals surface area contributed by atoms with Crippen LogP contribution in [0.5, 0.6) is 0 Å². The lowest BCUT2D eigenvalue weighted by Gasteiger charge is -2.20. The van der Waals surface area contributed by atoms with E-state index in [0.29, 0.717) is 19.0 Å². The van der Waals surface area contributed by atoms with Crippen molar-refractivity contribution in [3.05, 3.63) is 33.6 Å². The zero-order valence-corrected chi connectivity index (χ0v) is 11.0. The van der Waals surface area contributed by atoms with Gasteiger partial charge in [-0.2, -0.15) is 0 Å². The Bertz CT molecular complexity index is 522. The number of amides is 1. The van der Waals surface area contributed by atoms with Crippen LogP contribution in [-0.4, -0.2) is 40.5 Å². The summed E-state index contributed by atoms with van der Waals surface area (Å²) < 4.78 is 13.3. The molecule has 1 rings (SSSR count). The summed E-state index contributed by atoms with van der Waals surface area (Å²) in [5.74, 6) is -1.55. The maximum Gasteiger partial charge on any atom is 0.285 e. The Morgan fingerprint density at radius 2 is 2.20 bits per heavy atom. The molecule has 1 aromatic carbocycles. The topological polar surface area (TPSA) is 110 Å². The second-order valence-electron chi connectivity index (χ2n) is 4.11. The molecule has 0 saturated carbocycles. The van der Waals surface area contributed by atoms with Gasteiger partial charge in [-0.15, -0.1) is 0 Å². The first-order valence-corrected chi connectivity index (χ1v) is 6.05. The average molecular weight is 285 g/mol. The zero-order valence-electron chi connectivity index (χ0n) is 11.0. The van der Waals surface area contributed by atoms with Crippen molar-refractivity contribution in [2.24, 2.45) is 0 Å². The average Bonchev–Trinajstić information content (AvgIpc) is 2.41. The van der Waals surface area contributed by atoms with Crippen molar-refractivity contribution >= 4 is 17.3 Å². The number of nitrogens with two attached hydrogens (primary N) is 1. The van der Waals surface area contributed by atoms with Crippen LogP contribution in [0.2, 0.25) is 0 Å². The van der Waals surface area contributed by atoms with Gasteiger partial charge in [-0.1, -0.05) is 0 Å². The normalized spacial score (nSPS) is 10.3. The number of nitro benzene ring substituents is 1. The highest BCUT2D eigenvalue weighted by molar-refractivity contribution is 5.99. The molecule has 0 bridgehead atoms. The molecule has 20 heavy (non-hydrogen) atoms. The van der Waals surface area contributed by atoms with Gasteiger partial charge in [-0.3, -0.25) is 14.9 Å². The lowest BCUT2D eigenvalue weighted by Crippen LogP contribution is -2.32. The minimum absolute atomic E-state index is 0.0998. The molecule has 3 N–H and O–H groups in total. The van der Waals surface area contributed by atoms with Gasteiger partial charge >= 0.3 is 0 Å². The molecule has 1 amide bonds. The fourth-order valence-electron chi connectivity index (χ4n) is 1.74. The summed E-state index contributed by atoms with van der Waals surface area (Å²) in [6.45, 7) is 2.17. The fraction of sp³-hybridized carbons (Fsp3) is 0.417. The first kappa shape index (κ1) is 15.8. The quantitative estimate of drug-likeness (QED) is 0.463. The summed E-state index contributed by atoms with van der Waals surface area (Å²) in [5.41, 5.74) is 4.16. The van der Waals surface area contributed by atoms with E-state index in [-0.39, 0.29) is 24.4 Å². The van der Waals surface area contributed by atoms with E-state index in [0.717, 1.165) is 6.07 Å². The molecule has 0 radical (unpaired) electrons. The van der Waals surface area contributed by atoms with Crippen molar-refractivity contribution in [1.82, 2.24) is 4.90 Å². The predicted molar refractivity (Wildman–Crippen MR) is 70.7 cm³/mol. The number of halogens is 1. The molecule has 8 heteroatoms. The van der Waals surface area contributed by atoms with Gasteiger partial charge in [-0.05, 0) is 19.4 Å². The Morgan fingerprint density at radius 3 is 2.70 bits per heavy atom. The SMILES string of the molecule is CCN(CCCO)C(=O)c1cc(N)c(F)cc1[N+](=O)[O-]. The number of carbonyl (C=O) groups is 1. The third kappa shape index (κ3) is 3.41. The van der Waals surface area contributed by atoms with Gasteiger partial charge in [0.2, 0.25) is 0 Å². The number of hydrogen-bond donors (Lipinski definition) is 2. The fourth-order valence-corrected chi connectivity index (χ4v) is 1.74. The van der Waals surface area contributed by atoms with Gasteiger partial charge in [0.25, 0.3) is 11.6 Å². The zero-order chi connectivity index (χ0) is 15.3. The van der Waals surface area contributed by atoms with Crippen LogP contribution in [0.4, 0.5) is 15.8 Å². The van der Waals surface area contributed by atoms with Crippen LogP contribution in [-0.2, 0) is 0 Å². The summed E-state index contributed by atoms with van der Waals surface area (Å²) in [6.07, 6.45) is 0.351. The molecule has 110 valence electrons. The highest BCUT2D eigenvalue weighted by atomic mass is 19.1. The Morgan fingerprint density at radius 1 is 1.55 bits per heavy atom. The molecule has 0 aliphatic carbocycles. The van der Waals surface area contributed by atoms with Crippen molar-refractivity contribution < 1.29 is 19.2 Å². The number of nitrogens with zero attached hydrogens (tertiary/aromatic N) is 2. The van der Waals surface area contributed by atoms with Gasteiger partial charge < -0.3 is 15.7 Å². The molecule has 0 spiro atoms. The van der Waals surface area contributed by atoms with Crippen LogP contribution >= 0.6 is 0 Å². The molecule has 0 atom stereocenters. The second-order valence-corrected chi connectivity index (χ2v) is 4.11. The molecule has 0 saturated heterocycles. The molecule has 0 aromatic heterocycles. The van der Waals surface area contributed by atoms with Crippen molar-refractivity contribution in [1.29, 1.82) is 0 Å². The predicted octanol–water partition coefficient (Wildman–Crippen LogP) is 1.16. The van der Waals surface area contributed by atoms with Crippen molar-refractivity contribution in [2.75, 3.05) is 25.4 Å². The molecule has 0 unspecified atom stereocenters. The van der Waals surface area contributed by atoms with E-state index in [1.807, 2.05) is 0 Å². The Hall–Kier alpha value is -2.22. The summed E-state index contributed by atoms with van der Waals surface area (Å²) >= 11 is 0. The summed E-state index contributed by atoms with van der Waals surface area (Å²) in [4.78, 5) is 23.6. The van der Waals surface area contributed by atoms with E-state index in [9.17, 15) is 19.3 Å². The molecule has 0 aliphatic heterocycles. The van der Waals surface area contributed by atoms with Crippen LogP contribution in [0.25, 0.3) is 0 Å². The number of anilines is 1. The maximum absolute atomic E-state index is 13.3. The smallest absolute Gasteiger partial charge is 0.285 e. The number of nitro groups is 1. The minimum Gasteiger partial charge on any atom is -0.396 e. The summed E-state index contributed by atoms with van der Waals surface area (Å²) in [6, 6.07) is 1.61. The van der Waals surface area contributed by atoms with Crippen LogP contribution in [0.1, 0.15) is 23.7 Å². The van der Waals surface area contributed by atoms with E-state index in [1.54, 1.807) is 6.92 Å². The van der Waals surface area contributed by atoms with Crippen LogP contribution in [0.15, 0.2) is 12.1 Å². The number of nitrogen functional groups attached to an aromatic ring is 1. The number of aliphatic hydroxyl groups excluding tert-OH is 1. The third-order valence-electron chi connectivity index (χ3n) is 2.80. The van der Waals surface area contributed by atoms with Gasteiger partial charge in [0.05, 0.1) is 16.7 Å².